The molecule has 1 heterocycles. The van der Waals surface area contributed by atoms with Crippen LogP contribution in [0.5, 0.6) is 0 Å². The van der Waals surface area contributed by atoms with E-state index in [4.69, 9.17) is 5.11 Å². The van der Waals surface area contributed by atoms with E-state index in [1.807, 2.05) is 0 Å². The molecule has 1 aromatic heterocycles. The molecule has 0 saturated heterocycles. The van der Waals surface area contributed by atoms with Crippen LogP contribution in [-0.2, 0) is 10.0 Å². The van der Waals surface area contributed by atoms with Crippen LogP contribution in [0.3, 0.4) is 0 Å². The number of nitrogens with one attached hydrogen (secondary N) is 1. The predicted molar refractivity (Wildman–Crippen MR) is 75.1 cm³/mol. The molecule has 0 saturated carbocycles. The molecule has 0 spiro atoms. The van der Waals surface area contributed by atoms with Crippen molar-refractivity contribution in [2.45, 2.75) is 0 Å². The molecule has 0 unspecified atom stereocenters. The van der Waals surface area contributed by atoms with Crippen LogP contribution in [-0.4, -0.2) is 30.7 Å². The second-order valence-corrected chi connectivity index (χ2v) is 5.94. The minimum absolute atomic E-state index is 0.0658. The van der Waals surface area contributed by atoms with Crippen LogP contribution in [0.1, 0.15) is 10.5 Å². The molecule has 7 heteroatoms. The van der Waals surface area contributed by atoms with Crippen molar-refractivity contribution in [1.29, 1.82) is 0 Å². The molecule has 0 amide bonds. The lowest BCUT2D eigenvalue weighted by atomic mass is 10.1. The number of aromatic carboxylic acids is 1. The number of hydrogen-bond acceptors (Lipinski definition) is 4. The zero-order valence-corrected chi connectivity index (χ0v) is 11.4. The molecule has 0 aliphatic rings. The quantitative estimate of drug-likeness (QED) is 0.896. The van der Waals surface area contributed by atoms with Gasteiger partial charge in [-0.15, -0.1) is 0 Å². The molecule has 104 valence electrons. The van der Waals surface area contributed by atoms with Crippen LogP contribution in [0.4, 0.5) is 5.69 Å². The number of carboxylic acids is 1. The van der Waals surface area contributed by atoms with Crippen molar-refractivity contribution in [1.82, 2.24) is 4.98 Å². The van der Waals surface area contributed by atoms with E-state index < -0.39 is 16.0 Å². The van der Waals surface area contributed by atoms with Gasteiger partial charge in [-0.05, 0) is 35.4 Å². The zero-order chi connectivity index (χ0) is 14.8. The molecule has 0 bridgehead atoms. The summed E-state index contributed by atoms with van der Waals surface area (Å²) in [7, 11) is -3.35. The fourth-order valence-electron chi connectivity index (χ4n) is 1.70. The van der Waals surface area contributed by atoms with Gasteiger partial charge in [0.1, 0.15) is 5.69 Å². The van der Waals surface area contributed by atoms with Crippen LogP contribution >= 0.6 is 0 Å². The molecule has 2 rings (SSSR count). The summed E-state index contributed by atoms with van der Waals surface area (Å²) < 4.78 is 24.8. The Morgan fingerprint density at radius 1 is 1.20 bits per heavy atom. The molecule has 0 atom stereocenters. The standard InChI is InChI=1S/C13H12N2O4S/c1-20(18,19)15-11-4-2-3-9(7-11)10-5-6-14-12(8-10)13(16)17/h2-8,15H,1H3,(H,16,17). The molecule has 2 N–H and O–H groups in total. The number of rotatable bonds is 4. The van der Waals surface area contributed by atoms with Gasteiger partial charge in [0.25, 0.3) is 0 Å². The summed E-state index contributed by atoms with van der Waals surface area (Å²) in [5.41, 5.74) is 1.70. The number of sulfonamides is 1. The van der Waals surface area contributed by atoms with Gasteiger partial charge in [0, 0.05) is 11.9 Å². The third-order valence-electron chi connectivity index (χ3n) is 2.48. The van der Waals surface area contributed by atoms with Crippen molar-refractivity contribution in [2.75, 3.05) is 11.0 Å². The van der Waals surface area contributed by atoms with E-state index in [2.05, 4.69) is 9.71 Å². The molecular formula is C13H12N2O4S. The number of nitrogens with zero attached hydrogens (tertiary/aromatic N) is 1. The average molecular weight is 292 g/mol. The predicted octanol–water partition coefficient (Wildman–Crippen LogP) is 1.82. The number of aromatic nitrogens is 1. The first-order valence-electron chi connectivity index (χ1n) is 5.63. The van der Waals surface area contributed by atoms with E-state index in [0.717, 1.165) is 6.26 Å². The SMILES string of the molecule is CS(=O)(=O)Nc1cccc(-c2ccnc(C(=O)O)c2)c1. The molecule has 1 aromatic carbocycles. The number of carbonyl (C=O) groups is 1. The van der Waals surface area contributed by atoms with Crippen molar-refractivity contribution in [2.24, 2.45) is 0 Å². The van der Waals surface area contributed by atoms with Crippen molar-refractivity contribution in [3.05, 3.63) is 48.3 Å². The normalized spacial score (nSPS) is 11.1. The summed E-state index contributed by atoms with van der Waals surface area (Å²) in [6.07, 6.45) is 2.46. The Balaban J connectivity index is 2.41. The van der Waals surface area contributed by atoms with Gasteiger partial charge >= 0.3 is 5.97 Å². The fourth-order valence-corrected chi connectivity index (χ4v) is 2.26. The maximum absolute atomic E-state index is 11.2. The van der Waals surface area contributed by atoms with Gasteiger partial charge in [0.2, 0.25) is 10.0 Å². The lowest BCUT2D eigenvalue weighted by Gasteiger charge is -2.07. The Morgan fingerprint density at radius 3 is 2.55 bits per heavy atom. The van der Waals surface area contributed by atoms with Gasteiger partial charge in [0.05, 0.1) is 6.26 Å². The molecule has 20 heavy (non-hydrogen) atoms. The van der Waals surface area contributed by atoms with E-state index in [1.54, 1.807) is 30.3 Å². The highest BCUT2D eigenvalue weighted by Crippen LogP contribution is 2.23. The smallest absolute Gasteiger partial charge is 0.354 e. The van der Waals surface area contributed by atoms with Crippen molar-refractivity contribution in [3.8, 4) is 11.1 Å². The summed E-state index contributed by atoms with van der Waals surface area (Å²) >= 11 is 0. The highest BCUT2D eigenvalue weighted by molar-refractivity contribution is 7.92. The van der Waals surface area contributed by atoms with Gasteiger partial charge in [0.15, 0.2) is 0 Å². The Hall–Kier alpha value is -2.41. The van der Waals surface area contributed by atoms with Crippen LogP contribution in [0, 0.1) is 0 Å². The lowest BCUT2D eigenvalue weighted by Crippen LogP contribution is -2.09. The summed E-state index contributed by atoms with van der Waals surface area (Å²) in [5, 5.41) is 8.91. The molecule has 6 nitrogen and oxygen atoms in total. The highest BCUT2D eigenvalue weighted by Gasteiger charge is 2.08. The molecule has 0 fully saturated rings. The Bertz CT molecular complexity index is 756. The Morgan fingerprint density at radius 2 is 1.90 bits per heavy atom. The van der Waals surface area contributed by atoms with Gasteiger partial charge in [-0.2, -0.15) is 0 Å². The van der Waals surface area contributed by atoms with Gasteiger partial charge in [-0.1, -0.05) is 12.1 Å². The first-order chi connectivity index (χ1) is 9.35. The maximum Gasteiger partial charge on any atom is 0.354 e. The summed E-state index contributed by atoms with van der Waals surface area (Å²) in [6.45, 7) is 0. The van der Waals surface area contributed by atoms with Crippen molar-refractivity contribution >= 4 is 21.7 Å². The molecule has 0 aliphatic heterocycles. The van der Waals surface area contributed by atoms with E-state index in [0.29, 0.717) is 16.8 Å². The third-order valence-corrected chi connectivity index (χ3v) is 3.08. The van der Waals surface area contributed by atoms with Crippen LogP contribution in [0.15, 0.2) is 42.6 Å². The Kier molecular flexibility index (Phi) is 3.71. The number of benzene rings is 1. The summed E-state index contributed by atoms with van der Waals surface area (Å²) in [6, 6.07) is 9.78. The van der Waals surface area contributed by atoms with Gasteiger partial charge in [-0.25, -0.2) is 18.2 Å². The molecule has 0 radical (unpaired) electrons. The molecular weight excluding hydrogens is 280 g/mol. The zero-order valence-electron chi connectivity index (χ0n) is 10.6. The van der Waals surface area contributed by atoms with Gasteiger partial charge in [-0.3, -0.25) is 4.72 Å². The summed E-state index contributed by atoms with van der Waals surface area (Å²) in [5.74, 6) is -1.11. The summed E-state index contributed by atoms with van der Waals surface area (Å²) in [4.78, 5) is 14.6. The highest BCUT2D eigenvalue weighted by atomic mass is 32.2. The van der Waals surface area contributed by atoms with E-state index in [1.165, 1.54) is 12.3 Å². The van der Waals surface area contributed by atoms with Gasteiger partial charge < -0.3 is 5.11 Å². The minimum atomic E-state index is -3.35. The number of carboxylic acid groups (broad SMARTS) is 1. The van der Waals surface area contributed by atoms with E-state index in [-0.39, 0.29) is 5.69 Å². The largest absolute Gasteiger partial charge is 0.477 e. The fraction of sp³-hybridized carbons (Fsp3) is 0.0769. The third kappa shape index (κ3) is 3.55. The maximum atomic E-state index is 11.2. The van der Waals surface area contributed by atoms with Crippen molar-refractivity contribution < 1.29 is 18.3 Å². The number of hydrogen-bond donors (Lipinski definition) is 2. The van der Waals surface area contributed by atoms with E-state index >= 15 is 0 Å². The lowest BCUT2D eigenvalue weighted by molar-refractivity contribution is 0.0690. The first kappa shape index (κ1) is 14.0. The van der Waals surface area contributed by atoms with E-state index in [9.17, 15) is 13.2 Å². The number of pyridine rings is 1. The second-order valence-electron chi connectivity index (χ2n) is 4.19. The minimum Gasteiger partial charge on any atom is -0.477 e. The number of anilines is 1. The van der Waals surface area contributed by atoms with Crippen LogP contribution < -0.4 is 4.72 Å². The average Bonchev–Trinajstić information content (AvgIpc) is 2.37. The monoisotopic (exact) mass is 292 g/mol. The Labute approximate surface area is 116 Å². The second kappa shape index (κ2) is 5.30. The first-order valence-corrected chi connectivity index (χ1v) is 7.52. The molecule has 0 aliphatic carbocycles. The molecule has 2 aromatic rings. The van der Waals surface area contributed by atoms with Crippen LogP contribution in [0.25, 0.3) is 11.1 Å². The van der Waals surface area contributed by atoms with Crippen LogP contribution in [0.2, 0.25) is 0 Å². The topological polar surface area (TPSA) is 96.4 Å². The van der Waals surface area contributed by atoms with Crippen molar-refractivity contribution in [3.63, 3.8) is 0 Å².